The molecule has 0 spiro atoms. The van der Waals surface area contributed by atoms with Crippen LogP contribution in [0.15, 0.2) is 18.7 Å². The van der Waals surface area contributed by atoms with Gasteiger partial charge in [0.25, 0.3) is 0 Å². The highest BCUT2D eigenvalue weighted by molar-refractivity contribution is 4.93. The van der Waals surface area contributed by atoms with E-state index in [4.69, 9.17) is 0 Å². The SMILES string of the molecule is CCC1CCCC(NC2CCCC2n2ccnc2)C1. The van der Waals surface area contributed by atoms with E-state index in [1.54, 1.807) is 0 Å². The van der Waals surface area contributed by atoms with Gasteiger partial charge in [-0.3, -0.25) is 0 Å². The summed E-state index contributed by atoms with van der Waals surface area (Å²) in [4.78, 5) is 4.21. The highest BCUT2D eigenvalue weighted by Gasteiger charge is 2.31. The molecule has 1 N–H and O–H groups in total. The van der Waals surface area contributed by atoms with Gasteiger partial charge in [0.1, 0.15) is 0 Å². The van der Waals surface area contributed by atoms with E-state index in [-0.39, 0.29) is 0 Å². The van der Waals surface area contributed by atoms with Crippen molar-refractivity contribution in [2.45, 2.75) is 76.4 Å². The van der Waals surface area contributed by atoms with Crippen LogP contribution in [0.1, 0.15) is 64.3 Å². The van der Waals surface area contributed by atoms with Crippen LogP contribution in [-0.2, 0) is 0 Å². The number of aromatic nitrogens is 2. The molecule has 0 bridgehead atoms. The second kappa shape index (κ2) is 6.08. The van der Waals surface area contributed by atoms with Crippen LogP contribution in [0.4, 0.5) is 0 Å². The quantitative estimate of drug-likeness (QED) is 0.898. The van der Waals surface area contributed by atoms with Crippen molar-refractivity contribution in [3.05, 3.63) is 18.7 Å². The zero-order chi connectivity index (χ0) is 13.1. The van der Waals surface area contributed by atoms with Gasteiger partial charge in [0.05, 0.1) is 6.33 Å². The Kier molecular flexibility index (Phi) is 4.21. The van der Waals surface area contributed by atoms with E-state index in [0.29, 0.717) is 12.1 Å². The summed E-state index contributed by atoms with van der Waals surface area (Å²) in [5.41, 5.74) is 0. The Labute approximate surface area is 116 Å². The molecule has 2 aliphatic rings. The third-order valence-electron chi connectivity index (χ3n) is 5.20. The molecule has 0 radical (unpaired) electrons. The Morgan fingerprint density at radius 3 is 2.89 bits per heavy atom. The predicted molar refractivity (Wildman–Crippen MR) is 78.1 cm³/mol. The summed E-state index contributed by atoms with van der Waals surface area (Å²) in [7, 11) is 0. The number of nitrogens with one attached hydrogen (secondary N) is 1. The summed E-state index contributed by atoms with van der Waals surface area (Å²) in [5.74, 6) is 0.958. The lowest BCUT2D eigenvalue weighted by Crippen LogP contribution is -2.43. The Hall–Kier alpha value is -0.830. The van der Waals surface area contributed by atoms with Gasteiger partial charge in [-0.25, -0.2) is 4.98 Å². The first-order valence-corrected chi connectivity index (χ1v) is 8.10. The molecule has 2 fully saturated rings. The molecule has 0 aromatic carbocycles. The lowest BCUT2D eigenvalue weighted by Gasteiger charge is -2.33. The molecule has 0 aliphatic heterocycles. The van der Waals surface area contributed by atoms with E-state index < -0.39 is 0 Å². The standard InChI is InChI=1S/C16H27N3/c1-2-13-5-3-6-14(11-13)18-15-7-4-8-16(15)19-10-9-17-12-19/h9-10,12-16,18H,2-8,11H2,1H3. The molecule has 1 aromatic heterocycles. The fourth-order valence-electron chi connectivity index (χ4n) is 4.07. The maximum Gasteiger partial charge on any atom is 0.0949 e. The van der Waals surface area contributed by atoms with Crippen molar-refractivity contribution in [3.8, 4) is 0 Å². The largest absolute Gasteiger partial charge is 0.333 e. The molecular formula is C16H27N3. The van der Waals surface area contributed by atoms with Crippen LogP contribution in [0.5, 0.6) is 0 Å². The van der Waals surface area contributed by atoms with Gasteiger partial charge in [-0.05, 0) is 38.0 Å². The van der Waals surface area contributed by atoms with Gasteiger partial charge >= 0.3 is 0 Å². The number of hydrogen-bond donors (Lipinski definition) is 1. The summed E-state index contributed by atoms with van der Waals surface area (Å²) < 4.78 is 2.31. The van der Waals surface area contributed by atoms with Crippen LogP contribution in [0.25, 0.3) is 0 Å². The first-order valence-electron chi connectivity index (χ1n) is 8.10. The Bertz CT molecular complexity index is 373. The van der Waals surface area contributed by atoms with Crippen molar-refractivity contribution in [2.75, 3.05) is 0 Å². The number of hydrogen-bond acceptors (Lipinski definition) is 2. The predicted octanol–water partition coefficient (Wildman–Crippen LogP) is 3.54. The molecule has 2 aliphatic carbocycles. The summed E-state index contributed by atoms with van der Waals surface area (Å²) in [6, 6.07) is 2.05. The fraction of sp³-hybridized carbons (Fsp3) is 0.812. The zero-order valence-electron chi connectivity index (χ0n) is 12.1. The van der Waals surface area contributed by atoms with Gasteiger partial charge in [-0.2, -0.15) is 0 Å². The molecule has 1 aromatic rings. The second-order valence-electron chi connectivity index (χ2n) is 6.42. The minimum atomic E-state index is 0.629. The van der Waals surface area contributed by atoms with Crippen LogP contribution in [0.2, 0.25) is 0 Å². The lowest BCUT2D eigenvalue weighted by molar-refractivity contribution is 0.245. The fourth-order valence-corrected chi connectivity index (χ4v) is 4.07. The van der Waals surface area contributed by atoms with Gasteiger partial charge in [0.15, 0.2) is 0 Å². The smallest absolute Gasteiger partial charge is 0.0949 e. The van der Waals surface area contributed by atoms with Crippen LogP contribution >= 0.6 is 0 Å². The summed E-state index contributed by atoms with van der Waals surface area (Å²) >= 11 is 0. The third kappa shape index (κ3) is 3.02. The molecule has 3 heteroatoms. The first-order chi connectivity index (χ1) is 9.36. The minimum absolute atomic E-state index is 0.629. The van der Waals surface area contributed by atoms with Crippen LogP contribution in [-0.4, -0.2) is 21.6 Å². The number of rotatable bonds is 4. The van der Waals surface area contributed by atoms with E-state index in [1.807, 2.05) is 12.5 Å². The molecule has 106 valence electrons. The van der Waals surface area contributed by atoms with E-state index in [9.17, 15) is 0 Å². The number of nitrogens with zero attached hydrogens (tertiary/aromatic N) is 2. The summed E-state index contributed by atoms with van der Waals surface area (Å²) in [5, 5.41) is 3.97. The van der Waals surface area contributed by atoms with Crippen molar-refractivity contribution in [3.63, 3.8) is 0 Å². The molecule has 0 amide bonds. The minimum Gasteiger partial charge on any atom is -0.333 e. The van der Waals surface area contributed by atoms with Gasteiger partial charge < -0.3 is 9.88 Å². The van der Waals surface area contributed by atoms with Crippen LogP contribution in [0, 0.1) is 5.92 Å². The maximum absolute atomic E-state index is 4.21. The van der Waals surface area contributed by atoms with Crippen molar-refractivity contribution in [2.24, 2.45) is 5.92 Å². The number of imidazole rings is 1. The van der Waals surface area contributed by atoms with Gasteiger partial charge in [-0.15, -0.1) is 0 Å². The molecule has 3 nitrogen and oxygen atoms in total. The molecule has 4 unspecified atom stereocenters. The normalized spacial score (nSPS) is 35.6. The third-order valence-corrected chi connectivity index (χ3v) is 5.20. The average molecular weight is 261 g/mol. The second-order valence-corrected chi connectivity index (χ2v) is 6.42. The van der Waals surface area contributed by atoms with Crippen molar-refractivity contribution in [1.82, 2.24) is 14.9 Å². The van der Waals surface area contributed by atoms with Gasteiger partial charge in [-0.1, -0.05) is 26.2 Å². The maximum atomic E-state index is 4.21. The highest BCUT2D eigenvalue weighted by Crippen LogP contribution is 2.33. The first kappa shape index (κ1) is 13.2. The van der Waals surface area contributed by atoms with Gasteiger partial charge in [0, 0.05) is 30.5 Å². The molecule has 1 heterocycles. The zero-order valence-corrected chi connectivity index (χ0v) is 12.1. The Morgan fingerprint density at radius 1 is 1.21 bits per heavy atom. The van der Waals surface area contributed by atoms with E-state index >= 15 is 0 Å². The molecule has 3 rings (SSSR count). The van der Waals surface area contributed by atoms with Gasteiger partial charge in [0.2, 0.25) is 0 Å². The molecule has 2 saturated carbocycles. The molecule has 0 saturated heterocycles. The van der Waals surface area contributed by atoms with Crippen molar-refractivity contribution < 1.29 is 0 Å². The average Bonchev–Trinajstić information content (AvgIpc) is 3.09. The van der Waals surface area contributed by atoms with E-state index in [0.717, 1.165) is 12.0 Å². The summed E-state index contributed by atoms with van der Waals surface area (Å²) in [6.45, 7) is 2.34. The van der Waals surface area contributed by atoms with Crippen molar-refractivity contribution >= 4 is 0 Å². The van der Waals surface area contributed by atoms with Crippen molar-refractivity contribution in [1.29, 1.82) is 0 Å². The molecular weight excluding hydrogens is 234 g/mol. The summed E-state index contributed by atoms with van der Waals surface area (Å²) in [6.07, 6.45) is 17.0. The lowest BCUT2D eigenvalue weighted by atomic mass is 9.84. The highest BCUT2D eigenvalue weighted by atomic mass is 15.1. The topological polar surface area (TPSA) is 29.9 Å². The monoisotopic (exact) mass is 261 g/mol. The van der Waals surface area contributed by atoms with E-state index in [1.165, 1.54) is 51.4 Å². The van der Waals surface area contributed by atoms with E-state index in [2.05, 4.69) is 28.0 Å². The Balaban J connectivity index is 1.59. The van der Waals surface area contributed by atoms with Crippen LogP contribution < -0.4 is 5.32 Å². The molecule has 19 heavy (non-hydrogen) atoms. The molecule has 4 atom stereocenters. The van der Waals surface area contributed by atoms with Crippen LogP contribution in [0.3, 0.4) is 0 Å². The Morgan fingerprint density at radius 2 is 2.11 bits per heavy atom.